The fourth-order valence-electron chi connectivity index (χ4n) is 5.03. The van der Waals surface area contributed by atoms with Crippen molar-refractivity contribution in [1.82, 2.24) is 10.2 Å². The lowest BCUT2D eigenvalue weighted by atomic mass is 9.77. The van der Waals surface area contributed by atoms with Crippen LogP contribution in [0.25, 0.3) is 0 Å². The molecule has 190 valence electrons. The van der Waals surface area contributed by atoms with Crippen LogP contribution < -0.4 is 5.32 Å². The first kappa shape index (κ1) is 27.0. The molecular formula is C29H38F2N2O2. The molecule has 6 heteroatoms. The Hall–Kier alpha value is -2.60. The third-order valence-corrected chi connectivity index (χ3v) is 7.63. The summed E-state index contributed by atoms with van der Waals surface area (Å²) in [5.74, 6) is -3.45. The predicted molar refractivity (Wildman–Crippen MR) is 136 cm³/mol. The van der Waals surface area contributed by atoms with Crippen LogP contribution in [0.1, 0.15) is 72.5 Å². The van der Waals surface area contributed by atoms with Gasteiger partial charge < -0.3 is 10.2 Å². The number of hydrogen-bond acceptors (Lipinski definition) is 3. The first-order valence-corrected chi connectivity index (χ1v) is 12.5. The highest BCUT2D eigenvalue weighted by Crippen LogP contribution is 2.65. The second kappa shape index (κ2) is 11.0. The third kappa shape index (κ3) is 6.35. The molecule has 0 saturated heterocycles. The maximum atomic E-state index is 14.6. The zero-order valence-corrected chi connectivity index (χ0v) is 21.5. The van der Waals surface area contributed by atoms with Crippen LogP contribution in [0.3, 0.4) is 0 Å². The number of nitrogens with zero attached hydrogens (tertiary/aromatic N) is 1. The quantitative estimate of drug-likeness (QED) is 0.388. The highest BCUT2D eigenvalue weighted by atomic mass is 19.3. The van der Waals surface area contributed by atoms with Gasteiger partial charge in [0.1, 0.15) is 0 Å². The van der Waals surface area contributed by atoms with Crippen molar-refractivity contribution < 1.29 is 18.4 Å². The monoisotopic (exact) mass is 484 g/mol. The van der Waals surface area contributed by atoms with Gasteiger partial charge in [0.05, 0.1) is 0 Å². The van der Waals surface area contributed by atoms with Gasteiger partial charge in [-0.1, -0.05) is 49.4 Å². The summed E-state index contributed by atoms with van der Waals surface area (Å²) in [6.45, 7) is 5.25. The van der Waals surface area contributed by atoms with Crippen LogP contribution in [0.2, 0.25) is 0 Å². The van der Waals surface area contributed by atoms with Crippen molar-refractivity contribution in [2.45, 2.75) is 70.8 Å². The van der Waals surface area contributed by atoms with E-state index in [9.17, 15) is 18.4 Å². The molecule has 2 aromatic carbocycles. The number of carbonyl (C=O) groups excluding carboxylic acids is 2. The highest BCUT2D eigenvalue weighted by molar-refractivity contribution is 5.96. The lowest BCUT2D eigenvalue weighted by molar-refractivity contribution is -0.123. The molecule has 0 unspecified atom stereocenters. The number of nitrogens with one attached hydrogen (secondary N) is 1. The van der Waals surface area contributed by atoms with Crippen LogP contribution in [0.5, 0.6) is 0 Å². The number of alkyl halides is 2. The van der Waals surface area contributed by atoms with E-state index in [0.717, 1.165) is 29.2 Å². The Kier molecular flexibility index (Phi) is 8.47. The Morgan fingerprint density at radius 1 is 1.11 bits per heavy atom. The molecule has 0 bridgehead atoms. The smallest absolute Gasteiger partial charge is 0.251 e. The Morgan fingerprint density at radius 2 is 1.77 bits per heavy atom. The second-order valence-corrected chi connectivity index (χ2v) is 10.3. The number of hydrogen-bond donors (Lipinski definition) is 1. The maximum absolute atomic E-state index is 14.6. The minimum Gasteiger partial charge on any atom is -0.355 e. The molecule has 1 N–H and O–H groups in total. The van der Waals surface area contributed by atoms with E-state index in [1.54, 1.807) is 0 Å². The van der Waals surface area contributed by atoms with E-state index in [1.165, 1.54) is 0 Å². The van der Waals surface area contributed by atoms with Gasteiger partial charge in [-0.25, -0.2) is 8.78 Å². The number of Topliss-reactive ketones (excluding diaryl/α,β-unsaturated/α-hetero) is 1. The first-order valence-electron chi connectivity index (χ1n) is 12.5. The molecule has 2 atom stereocenters. The van der Waals surface area contributed by atoms with E-state index in [0.29, 0.717) is 32.2 Å². The van der Waals surface area contributed by atoms with Crippen molar-refractivity contribution in [1.29, 1.82) is 0 Å². The summed E-state index contributed by atoms with van der Waals surface area (Å²) in [7, 11) is 3.93. The summed E-state index contributed by atoms with van der Waals surface area (Å²) in [6.07, 6.45) is 2.08. The van der Waals surface area contributed by atoms with E-state index in [2.05, 4.69) is 10.2 Å². The van der Waals surface area contributed by atoms with Gasteiger partial charge in [0.2, 0.25) is 5.91 Å². The molecule has 35 heavy (non-hydrogen) atoms. The molecule has 1 aliphatic carbocycles. The lowest BCUT2D eigenvalue weighted by Crippen LogP contribution is -2.43. The maximum Gasteiger partial charge on any atom is 0.251 e. The van der Waals surface area contributed by atoms with Crippen molar-refractivity contribution in [3.05, 3.63) is 70.8 Å². The van der Waals surface area contributed by atoms with Gasteiger partial charge in [-0.3, -0.25) is 9.59 Å². The van der Waals surface area contributed by atoms with E-state index < -0.39 is 17.3 Å². The predicted octanol–water partition coefficient (Wildman–Crippen LogP) is 5.79. The van der Waals surface area contributed by atoms with Gasteiger partial charge in [-0.15, -0.1) is 0 Å². The topological polar surface area (TPSA) is 49.4 Å². The van der Waals surface area contributed by atoms with Crippen LogP contribution in [0.4, 0.5) is 8.78 Å². The minimum atomic E-state index is -2.84. The second-order valence-electron chi connectivity index (χ2n) is 10.3. The Balaban J connectivity index is 1.68. The van der Waals surface area contributed by atoms with Crippen LogP contribution in [0.15, 0.2) is 48.5 Å². The summed E-state index contributed by atoms with van der Waals surface area (Å²) in [5.41, 5.74) is 2.53. The number of rotatable bonds is 12. The fourth-order valence-corrected chi connectivity index (χ4v) is 5.03. The molecule has 0 spiro atoms. The normalized spacial score (nSPS) is 16.6. The molecule has 1 fully saturated rings. The fraction of sp³-hybridized carbons (Fsp3) is 0.517. The SMILES string of the molecule is CCC(=O)c1ccc(C[C@@H](CNC(=O)C[C@@H](c2ccccc2)C2(C(C)(F)F)CC2)N(C)C)c(C)c1. The summed E-state index contributed by atoms with van der Waals surface area (Å²) in [5, 5.41) is 3.01. The molecule has 0 aliphatic heterocycles. The molecule has 0 aromatic heterocycles. The number of amides is 1. The first-order chi connectivity index (χ1) is 16.5. The van der Waals surface area contributed by atoms with Gasteiger partial charge in [-0.05, 0) is 70.0 Å². The van der Waals surface area contributed by atoms with E-state index in [1.807, 2.05) is 76.5 Å². The van der Waals surface area contributed by atoms with Gasteiger partial charge in [0, 0.05) is 42.3 Å². The summed E-state index contributed by atoms with van der Waals surface area (Å²) >= 11 is 0. The minimum absolute atomic E-state index is 0.0306. The van der Waals surface area contributed by atoms with Crippen molar-refractivity contribution in [2.24, 2.45) is 5.41 Å². The Bertz CT molecular complexity index is 1030. The van der Waals surface area contributed by atoms with E-state index >= 15 is 0 Å². The largest absolute Gasteiger partial charge is 0.355 e. The van der Waals surface area contributed by atoms with Crippen LogP contribution in [-0.4, -0.2) is 49.2 Å². The molecule has 2 aromatic rings. The zero-order valence-electron chi connectivity index (χ0n) is 21.5. The standard InChI is InChI=1S/C29H38F2N2O2/c1-6-26(34)23-13-12-22(20(2)16-23)17-24(33(4)5)19-32-27(35)18-25(21-10-8-7-9-11-21)29(14-15-29)28(3,30)31/h7-13,16,24-25H,6,14-15,17-19H2,1-5H3,(H,32,35)/t24-,25-/m0/s1. The number of likely N-dealkylation sites (N-methyl/N-ethyl adjacent to an activating group) is 1. The summed E-state index contributed by atoms with van der Waals surface area (Å²) < 4.78 is 29.2. The molecule has 0 heterocycles. The van der Waals surface area contributed by atoms with Gasteiger partial charge >= 0.3 is 0 Å². The van der Waals surface area contributed by atoms with E-state index in [-0.39, 0.29) is 24.2 Å². The van der Waals surface area contributed by atoms with Gasteiger partial charge in [0.15, 0.2) is 5.78 Å². The van der Waals surface area contributed by atoms with Gasteiger partial charge in [0.25, 0.3) is 5.92 Å². The Morgan fingerprint density at radius 3 is 2.29 bits per heavy atom. The lowest BCUT2D eigenvalue weighted by Gasteiger charge is -2.32. The molecular weight excluding hydrogens is 446 g/mol. The van der Waals surface area contributed by atoms with Crippen LogP contribution in [-0.2, 0) is 11.2 Å². The average molecular weight is 485 g/mol. The summed E-state index contributed by atoms with van der Waals surface area (Å²) in [4.78, 5) is 27.1. The Labute approximate surface area is 208 Å². The van der Waals surface area contributed by atoms with Crippen molar-refractivity contribution >= 4 is 11.7 Å². The molecule has 0 radical (unpaired) electrons. The van der Waals surface area contributed by atoms with Crippen LogP contribution in [0, 0.1) is 12.3 Å². The zero-order chi connectivity index (χ0) is 25.8. The molecule has 4 nitrogen and oxygen atoms in total. The van der Waals surface area contributed by atoms with Crippen LogP contribution >= 0.6 is 0 Å². The highest BCUT2D eigenvalue weighted by Gasteiger charge is 2.63. The molecule has 3 rings (SSSR count). The summed E-state index contributed by atoms with van der Waals surface area (Å²) in [6, 6.07) is 15.1. The number of aryl methyl sites for hydroxylation is 1. The molecule has 1 aliphatic rings. The van der Waals surface area contributed by atoms with E-state index in [4.69, 9.17) is 0 Å². The third-order valence-electron chi connectivity index (χ3n) is 7.63. The van der Waals surface area contributed by atoms with Gasteiger partial charge in [-0.2, -0.15) is 0 Å². The molecule has 1 amide bonds. The van der Waals surface area contributed by atoms with Crippen molar-refractivity contribution in [3.8, 4) is 0 Å². The van der Waals surface area contributed by atoms with Crippen molar-refractivity contribution in [3.63, 3.8) is 0 Å². The molecule has 1 saturated carbocycles. The number of ketones is 1. The number of halogens is 2. The number of carbonyl (C=O) groups is 2. The van der Waals surface area contributed by atoms with Crippen molar-refractivity contribution in [2.75, 3.05) is 20.6 Å². The number of benzene rings is 2. The average Bonchev–Trinajstić information content (AvgIpc) is 3.63.